The van der Waals surface area contributed by atoms with Gasteiger partial charge in [-0.05, 0) is 59.7 Å². The van der Waals surface area contributed by atoms with Gasteiger partial charge >= 0.3 is 0 Å². The second-order valence-electron chi connectivity index (χ2n) is 8.04. The van der Waals surface area contributed by atoms with E-state index in [2.05, 4.69) is 15.3 Å². The normalized spacial score (nSPS) is 11.5. The number of sulfone groups is 1. The molecule has 5 aromatic rings. The van der Waals surface area contributed by atoms with E-state index in [1.54, 1.807) is 42.5 Å². The summed E-state index contributed by atoms with van der Waals surface area (Å²) in [6.45, 7) is 0.190. The van der Waals surface area contributed by atoms with E-state index in [1.165, 1.54) is 36.1 Å². The van der Waals surface area contributed by atoms with Crippen molar-refractivity contribution in [1.29, 1.82) is 0 Å². The first-order valence-corrected chi connectivity index (χ1v) is 13.8. The van der Waals surface area contributed by atoms with Gasteiger partial charge < -0.3 is 10.1 Å². The number of halogens is 2. The highest BCUT2D eigenvalue weighted by Gasteiger charge is 2.14. The third-order valence-electron chi connectivity index (χ3n) is 5.34. The number of thiophene rings is 1. The van der Waals surface area contributed by atoms with Gasteiger partial charge in [-0.15, -0.1) is 11.3 Å². The number of aromatic nitrogens is 2. The van der Waals surface area contributed by atoms with Crippen LogP contribution >= 0.6 is 22.9 Å². The Bertz CT molecular complexity index is 1690. The summed E-state index contributed by atoms with van der Waals surface area (Å²) in [6.07, 6.45) is 2.65. The van der Waals surface area contributed by atoms with Crippen molar-refractivity contribution in [1.82, 2.24) is 9.97 Å². The van der Waals surface area contributed by atoms with Crippen molar-refractivity contribution in [2.45, 2.75) is 11.5 Å². The van der Waals surface area contributed by atoms with E-state index in [-0.39, 0.29) is 17.3 Å². The summed E-state index contributed by atoms with van der Waals surface area (Å²) in [5.74, 6) is 0.751. The molecule has 2 heterocycles. The fraction of sp³-hybridized carbons (Fsp3) is 0.0769. The minimum Gasteiger partial charge on any atom is -0.487 e. The monoisotopic (exact) mass is 539 g/mol. The van der Waals surface area contributed by atoms with Crippen LogP contribution in [-0.2, 0) is 16.4 Å². The first kappa shape index (κ1) is 24.2. The van der Waals surface area contributed by atoms with Crippen molar-refractivity contribution < 1.29 is 17.5 Å². The average Bonchev–Trinajstić information content (AvgIpc) is 3.29. The van der Waals surface area contributed by atoms with Gasteiger partial charge in [-0.3, -0.25) is 0 Å². The van der Waals surface area contributed by atoms with Crippen LogP contribution in [0, 0.1) is 5.82 Å². The first-order chi connectivity index (χ1) is 17.3. The molecular formula is C26H19ClFN3O3S2. The molecule has 0 radical (unpaired) electrons. The van der Waals surface area contributed by atoms with Crippen molar-refractivity contribution in [2.75, 3.05) is 11.6 Å². The topological polar surface area (TPSA) is 81.2 Å². The van der Waals surface area contributed by atoms with Crippen LogP contribution < -0.4 is 10.1 Å². The Morgan fingerprint density at radius 3 is 2.64 bits per heavy atom. The average molecular weight is 540 g/mol. The minimum atomic E-state index is -3.32. The van der Waals surface area contributed by atoms with Crippen molar-refractivity contribution in [3.63, 3.8) is 0 Å². The van der Waals surface area contributed by atoms with Gasteiger partial charge in [0.05, 0.1) is 20.1 Å². The molecule has 5 rings (SSSR count). The summed E-state index contributed by atoms with van der Waals surface area (Å²) < 4.78 is 43.9. The fourth-order valence-corrected chi connectivity index (χ4v) is 5.54. The molecule has 36 heavy (non-hydrogen) atoms. The highest BCUT2D eigenvalue weighted by molar-refractivity contribution is 7.90. The lowest BCUT2D eigenvalue weighted by molar-refractivity contribution is 0.306. The zero-order valence-electron chi connectivity index (χ0n) is 18.9. The Labute approximate surface area is 216 Å². The van der Waals surface area contributed by atoms with Gasteiger partial charge in [0.1, 0.15) is 24.5 Å². The molecule has 0 spiro atoms. The molecule has 0 fully saturated rings. The summed E-state index contributed by atoms with van der Waals surface area (Å²) in [7, 11) is -3.32. The molecule has 1 N–H and O–H groups in total. The Morgan fingerprint density at radius 1 is 1.03 bits per heavy atom. The summed E-state index contributed by atoms with van der Waals surface area (Å²) in [6, 6.07) is 20.2. The number of hydrogen-bond donors (Lipinski definition) is 1. The van der Waals surface area contributed by atoms with E-state index >= 15 is 0 Å². The van der Waals surface area contributed by atoms with E-state index in [1.807, 2.05) is 18.2 Å². The van der Waals surface area contributed by atoms with Crippen molar-refractivity contribution in [2.24, 2.45) is 0 Å². The van der Waals surface area contributed by atoms with E-state index in [4.69, 9.17) is 16.3 Å². The van der Waals surface area contributed by atoms with Crippen molar-refractivity contribution in [3.8, 4) is 16.2 Å². The molecule has 2 aromatic heterocycles. The lowest BCUT2D eigenvalue weighted by Crippen LogP contribution is -1.98. The number of rotatable bonds is 7. The van der Waals surface area contributed by atoms with Crippen LogP contribution in [0.4, 0.5) is 15.9 Å². The Kier molecular flexibility index (Phi) is 6.61. The number of nitrogens with one attached hydrogen (secondary N) is 1. The molecule has 10 heteroatoms. The molecular weight excluding hydrogens is 521 g/mol. The van der Waals surface area contributed by atoms with Crippen LogP contribution in [0.2, 0.25) is 5.02 Å². The maximum Gasteiger partial charge on any atom is 0.175 e. The second kappa shape index (κ2) is 9.85. The molecule has 6 nitrogen and oxygen atoms in total. The summed E-state index contributed by atoms with van der Waals surface area (Å²) >= 11 is 7.89. The molecule has 0 atom stereocenters. The molecule has 3 aromatic carbocycles. The molecule has 0 aliphatic carbocycles. The van der Waals surface area contributed by atoms with Crippen molar-refractivity contribution >= 4 is 54.5 Å². The highest BCUT2D eigenvalue weighted by Crippen LogP contribution is 2.38. The molecule has 0 aliphatic rings. The largest absolute Gasteiger partial charge is 0.487 e. The lowest BCUT2D eigenvalue weighted by atomic mass is 10.2. The van der Waals surface area contributed by atoms with Crippen LogP contribution in [0.5, 0.6) is 5.75 Å². The zero-order valence-corrected chi connectivity index (χ0v) is 21.3. The van der Waals surface area contributed by atoms with E-state index in [0.717, 1.165) is 20.7 Å². The number of ether oxygens (including phenoxy) is 1. The predicted octanol–water partition coefficient (Wildman–Crippen LogP) is 6.88. The zero-order chi connectivity index (χ0) is 25.3. The summed E-state index contributed by atoms with van der Waals surface area (Å²) in [4.78, 5) is 9.88. The van der Waals surface area contributed by atoms with Crippen LogP contribution in [0.25, 0.3) is 20.7 Å². The molecule has 182 valence electrons. The summed E-state index contributed by atoms with van der Waals surface area (Å²) in [5.41, 5.74) is 2.92. The summed E-state index contributed by atoms with van der Waals surface area (Å²) in [5, 5.41) is 3.67. The molecule has 0 amide bonds. The van der Waals surface area contributed by atoms with Crippen LogP contribution in [0.3, 0.4) is 0 Å². The number of fused-ring (bicyclic) bond motifs is 1. The standard InChI is InChI=1S/C26H19ClFN3O3S2/c1-36(32,33)20-7-3-5-17(11-20)24-13-22-25(35-24)26(30-15-29-22)31-19-8-9-23(21(27)12-19)34-14-16-4-2-6-18(28)10-16/h2-13,15H,14H2,1H3,(H,29,30,31). The minimum absolute atomic E-state index is 0.190. The quantitative estimate of drug-likeness (QED) is 0.243. The second-order valence-corrected chi connectivity index (χ2v) is 11.5. The third kappa shape index (κ3) is 5.33. The van der Waals surface area contributed by atoms with E-state index < -0.39 is 9.84 Å². The smallest absolute Gasteiger partial charge is 0.175 e. The van der Waals surface area contributed by atoms with Gasteiger partial charge in [-0.1, -0.05) is 35.9 Å². The number of anilines is 2. The number of nitrogens with zero attached hydrogens (tertiary/aromatic N) is 2. The molecule has 0 saturated heterocycles. The Balaban J connectivity index is 1.38. The number of benzene rings is 3. The predicted molar refractivity (Wildman–Crippen MR) is 141 cm³/mol. The number of hydrogen-bond acceptors (Lipinski definition) is 7. The van der Waals surface area contributed by atoms with Gasteiger partial charge in [-0.25, -0.2) is 22.8 Å². The maximum absolute atomic E-state index is 13.4. The molecule has 0 unspecified atom stereocenters. The van der Waals surface area contributed by atoms with Gasteiger partial charge in [0, 0.05) is 16.8 Å². The molecule has 0 aliphatic heterocycles. The van der Waals surface area contributed by atoms with Gasteiger partial charge in [-0.2, -0.15) is 0 Å². The maximum atomic E-state index is 13.4. The van der Waals surface area contributed by atoms with Crippen LogP contribution in [-0.4, -0.2) is 24.6 Å². The van der Waals surface area contributed by atoms with Gasteiger partial charge in [0.25, 0.3) is 0 Å². The van der Waals surface area contributed by atoms with Crippen LogP contribution in [0.15, 0.2) is 84.0 Å². The SMILES string of the molecule is CS(=O)(=O)c1cccc(-c2cc3ncnc(Nc4ccc(OCc5cccc(F)c5)c(Cl)c4)c3s2)c1. The van der Waals surface area contributed by atoms with Gasteiger partial charge in [0.15, 0.2) is 15.7 Å². The first-order valence-electron chi connectivity index (χ1n) is 10.8. The lowest BCUT2D eigenvalue weighted by Gasteiger charge is -2.11. The third-order valence-corrected chi connectivity index (χ3v) is 7.92. The fourth-order valence-electron chi connectivity index (χ4n) is 3.59. The van der Waals surface area contributed by atoms with E-state index in [9.17, 15) is 12.8 Å². The van der Waals surface area contributed by atoms with Crippen LogP contribution in [0.1, 0.15) is 5.56 Å². The highest BCUT2D eigenvalue weighted by atomic mass is 35.5. The van der Waals surface area contributed by atoms with Crippen molar-refractivity contribution in [3.05, 3.63) is 95.5 Å². The Hall–Kier alpha value is -3.53. The Morgan fingerprint density at radius 2 is 1.86 bits per heavy atom. The molecule has 0 saturated carbocycles. The van der Waals surface area contributed by atoms with Gasteiger partial charge in [0.2, 0.25) is 0 Å². The molecule has 0 bridgehead atoms. The van der Waals surface area contributed by atoms with E-state index in [0.29, 0.717) is 27.8 Å².